The average Bonchev–Trinajstić information content (AvgIpc) is 3.11. The first-order valence-corrected chi connectivity index (χ1v) is 9.05. The fraction of sp³-hybridized carbons (Fsp3) is 0.500. The van der Waals surface area contributed by atoms with Gasteiger partial charge in [-0.2, -0.15) is 0 Å². The topological polar surface area (TPSA) is 51.4 Å². The SMILES string of the molecule is O=c1cc(CN2CCN(C3CCNC3)CC2)[nH]c2ccc(Cl)cc12. The van der Waals surface area contributed by atoms with E-state index >= 15 is 0 Å². The third-order valence-corrected chi connectivity index (χ3v) is 5.43. The highest BCUT2D eigenvalue weighted by Crippen LogP contribution is 2.17. The Morgan fingerprint density at radius 3 is 2.75 bits per heavy atom. The van der Waals surface area contributed by atoms with Crippen LogP contribution < -0.4 is 10.7 Å². The minimum absolute atomic E-state index is 0.0388. The van der Waals surface area contributed by atoms with Crippen LogP contribution >= 0.6 is 11.6 Å². The molecule has 6 heteroatoms. The van der Waals surface area contributed by atoms with Crippen LogP contribution in [0, 0.1) is 0 Å². The molecule has 0 saturated carbocycles. The molecule has 4 rings (SSSR count). The van der Waals surface area contributed by atoms with Crippen LogP contribution in [0.25, 0.3) is 10.9 Å². The predicted octanol–water partition coefficient (Wildman–Crippen LogP) is 1.66. The van der Waals surface area contributed by atoms with Gasteiger partial charge < -0.3 is 10.3 Å². The fourth-order valence-electron chi connectivity index (χ4n) is 3.84. The number of fused-ring (bicyclic) bond motifs is 1. The molecule has 2 aromatic rings. The zero-order valence-electron chi connectivity index (χ0n) is 13.7. The summed E-state index contributed by atoms with van der Waals surface area (Å²) in [7, 11) is 0. The van der Waals surface area contributed by atoms with Crippen LogP contribution in [0.4, 0.5) is 0 Å². The first-order chi connectivity index (χ1) is 11.7. The molecule has 2 aliphatic rings. The van der Waals surface area contributed by atoms with Crippen molar-refractivity contribution in [2.45, 2.75) is 19.0 Å². The van der Waals surface area contributed by atoms with Crippen LogP contribution in [-0.2, 0) is 6.54 Å². The van der Waals surface area contributed by atoms with Crippen LogP contribution in [0.15, 0.2) is 29.1 Å². The smallest absolute Gasteiger partial charge is 0.189 e. The minimum Gasteiger partial charge on any atom is -0.357 e. The van der Waals surface area contributed by atoms with Gasteiger partial charge in [-0.05, 0) is 31.2 Å². The van der Waals surface area contributed by atoms with Crippen molar-refractivity contribution in [2.24, 2.45) is 0 Å². The van der Waals surface area contributed by atoms with Gasteiger partial charge in [0.25, 0.3) is 0 Å². The summed E-state index contributed by atoms with van der Waals surface area (Å²) in [6.07, 6.45) is 1.26. The van der Waals surface area contributed by atoms with E-state index in [1.54, 1.807) is 12.1 Å². The van der Waals surface area contributed by atoms with Gasteiger partial charge in [0.05, 0.1) is 0 Å². The van der Waals surface area contributed by atoms with E-state index in [1.165, 1.54) is 6.42 Å². The maximum absolute atomic E-state index is 12.3. The largest absolute Gasteiger partial charge is 0.357 e. The van der Waals surface area contributed by atoms with Crippen LogP contribution in [0.2, 0.25) is 5.02 Å². The first kappa shape index (κ1) is 16.1. The lowest BCUT2D eigenvalue weighted by Crippen LogP contribution is -2.50. The van der Waals surface area contributed by atoms with Gasteiger partial charge in [-0.3, -0.25) is 14.6 Å². The number of pyridine rings is 1. The van der Waals surface area contributed by atoms with Crippen molar-refractivity contribution < 1.29 is 0 Å². The molecule has 3 heterocycles. The summed E-state index contributed by atoms with van der Waals surface area (Å²) in [6, 6.07) is 7.85. The van der Waals surface area contributed by atoms with Gasteiger partial charge in [0.2, 0.25) is 0 Å². The zero-order valence-corrected chi connectivity index (χ0v) is 14.5. The number of nitrogens with one attached hydrogen (secondary N) is 2. The highest BCUT2D eigenvalue weighted by molar-refractivity contribution is 6.31. The molecule has 2 saturated heterocycles. The zero-order chi connectivity index (χ0) is 16.5. The number of piperazine rings is 1. The Balaban J connectivity index is 1.43. The second-order valence-electron chi connectivity index (χ2n) is 6.81. The Morgan fingerprint density at radius 2 is 2.00 bits per heavy atom. The van der Waals surface area contributed by atoms with Gasteiger partial charge in [0, 0.05) is 73.0 Å². The van der Waals surface area contributed by atoms with Crippen molar-refractivity contribution in [3.8, 4) is 0 Å². The number of rotatable bonds is 3. The highest BCUT2D eigenvalue weighted by Gasteiger charge is 2.26. The predicted molar refractivity (Wildman–Crippen MR) is 97.7 cm³/mol. The Labute approximate surface area is 146 Å². The molecule has 1 atom stereocenters. The number of aromatic amines is 1. The summed E-state index contributed by atoms with van der Waals surface area (Å²) < 4.78 is 0. The molecule has 0 bridgehead atoms. The molecule has 0 radical (unpaired) electrons. The number of hydrogen-bond donors (Lipinski definition) is 2. The van der Waals surface area contributed by atoms with E-state index in [0.717, 1.165) is 57.0 Å². The summed E-state index contributed by atoms with van der Waals surface area (Å²) in [4.78, 5) is 20.7. The van der Waals surface area contributed by atoms with E-state index in [1.807, 2.05) is 12.1 Å². The summed E-state index contributed by atoms with van der Waals surface area (Å²) in [5.41, 5.74) is 1.88. The Bertz CT molecular complexity index is 776. The van der Waals surface area contributed by atoms with Crippen molar-refractivity contribution >= 4 is 22.5 Å². The quantitative estimate of drug-likeness (QED) is 0.887. The van der Waals surface area contributed by atoms with Crippen molar-refractivity contribution in [3.63, 3.8) is 0 Å². The number of halogens is 1. The second kappa shape index (κ2) is 6.84. The number of aromatic nitrogens is 1. The lowest BCUT2D eigenvalue weighted by atomic mass is 10.1. The van der Waals surface area contributed by atoms with Crippen LogP contribution in [0.1, 0.15) is 12.1 Å². The molecule has 1 aromatic carbocycles. The third kappa shape index (κ3) is 3.35. The van der Waals surface area contributed by atoms with E-state index < -0.39 is 0 Å². The summed E-state index contributed by atoms with van der Waals surface area (Å²) in [5, 5.41) is 4.70. The van der Waals surface area contributed by atoms with Crippen molar-refractivity contribution in [3.05, 3.63) is 45.2 Å². The highest BCUT2D eigenvalue weighted by atomic mass is 35.5. The van der Waals surface area contributed by atoms with Crippen LogP contribution in [0.5, 0.6) is 0 Å². The molecule has 5 nitrogen and oxygen atoms in total. The van der Waals surface area contributed by atoms with E-state index in [-0.39, 0.29) is 5.43 Å². The molecular weight excluding hydrogens is 324 g/mol. The van der Waals surface area contributed by atoms with Crippen LogP contribution in [0.3, 0.4) is 0 Å². The van der Waals surface area contributed by atoms with E-state index in [0.29, 0.717) is 16.5 Å². The maximum Gasteiger partial charge on any atom is 0.189 e. The first-order valence-electron chi connectivity index (χ1n) is 8.67. The fourth-order valence-corrected chi connectivity index (χ4v) is 4.01. The Morgan fingerprint density at radius 1 is 1.17 bits per heavy atom. The van der Waals surface area contributed by atoms with Gasteiger partial charge in [-0.25, -0.2) is 0 Å². The molecule has 0 aliphatic carbocycles. The molecule has 0 amide bonds. The van der Waals surface area contributed by atoms with Crippen LogP contribution in [-0.4, -0.2) is 60.1 Å². The third-order valence-electron chi connectivity index (χ3n) is 5.20. The Kier molecular flexibility index (Phi) is 4.59. The maximum atomic E-state index is 12.3. The summed E-state index contributed by atoms with van der Waals surface area (Å²) in [6.45, 7) is 7.40. The molecule has 24 heavy (non-hydrogen) atoms. The van der Waals surface area contributed by atoms with E-state index in [2.05, 4.69) is 20.1 Å². The summed E-state index contributed by atoms with van der Waals surface area (Å²) >= 11 is 5.98. The summed E-state index contributed by atoms with van der Waals surface area (Å²) in [5.74, 6) is 0. The van der Waals surface area contributed by atoms with E-state index in [4.69, 9.17) is 11.6 Å². The van der Waals surface area contributed by atoms with Gasteiger partial charge in [-0.15, -0.1) is 0 Å². The number of H-pyrrole nitrogens is 1. The number of nitrogens with zero attached hydrogens (tertiary/aromatic N) is 2. The molecule has 2 fully saturated rings. The van der Waals surface area contributed by atoms with Gasteiger partial charge in [0.15, 0.2) is 5.43 Å². The van der Waals surface area contributed by atoms with Crippen molar-refractivity contribution in [2.75, 3.05) is 39.3 Å². The van der Waals surface area contributed by atoms with Gasteiger partial charge in [-0.1, -0.05) is 11.6 Å². The lowest BCUT2D eigenvalue weighted by molar-refractivity contribution is 0.0974. The molecule has 1 aromatic heterocycles. The molecule has 0 spiro atoms. The van der Waals surface area contributed by atoms with Crippen molar-refractivity contribution in [1.29, 1.82) is 0 Å². The lowest BCUT2D eigenvalue weighted by Gasteiger charge is -2.37. The van der Waals surface area contributed by atoms with E-state index in [9.17, 15) is 4.79 Å². The van der Waals surface area contributed by atoms with Crippen molar-refractivity contribution in [1.82, 2.24) is 20.1 Å². The normalized spacial score (nSPS) is 23.1. The minimum atomic E-state index is 0.0388. The van der Waals surface area contributed by atoms with Gasteiger partial charge >= 0.3 is 0 Å². The monoisotopic (exact) mass is 346 g/mol. The molecule has 2 aliphatic heterocycles. The van der Waals surface area contributed by atoms with Gasteiger partial charge in [0.1, 0.15) is 0 Å². The number of benzene rings is 1. The number of hydrogen-bond acceptors (Lipinski definition) is 4. The Hall–Kier alpha value is -1.40. The standard InChI is InChI=1S/C18H23ClN4O/c19-13-1-2-17-16(9-13)18(24)10-14(21-17)12-22-5-7-23(8-6-22)15-3-4-20-11-15/h1-2,9-10,15,20H,3-8,11-12H2,(H,21,24). The average molecular weight is 347 g/mol. The molecule has 2 N–H and O–H groups in total. The molecule has 1 unspecified atom stereocenters. The second-order valence-corrected chi connectivity index (χ2v) is 7.24. The molecule has 128 valence electrons. The molecular formula is C18H23ClN4O.